The fourth-order valence-electron chi connectivity index (χ4n) is 2.61. The largest absolute Gasteiger partial charge is 0.462 e. The fourth-order valence-corrected chi connectivity index (χ4v) is 2.77. The highest BCUT2D eigenvalue weighted by molar-refractivity contribution is 6.30. The molecule has 0 unspecified atom stereocenters. The minimum absolute atomic E-state index is 0.285. The van der Waals surface area contributed by atoms with Gasteiger partial charge in [0.05, 0.1) is 29.1 Å². The summed E-state index contributed by atoms with van der Waals surface area (Å²) in [6, 6.07) is 10.5. The Hall–Kier alpha value is -3.52. The number of pyridine rings is 1. The highest BCUT2D eigenvalue weighted by Gasteiger charge is 2.13. The highest BCUT2D eigenvalue weighted by atomic mass is 35.5. The maximum absolute atomic E-state index is 11.6. The van der Waals surface area contributed by atoms with Gasteiger partial charge >= 0.3 is 5.97 Å². The van der Waals surface area contributed by atoms with Crippen molar-refractivity contribution >= 4 is 36.8 Å². The first-order valence-electron chi connectivity index (χ1n) is 10.4. The minimum atomic E-state index is -0.409. The van der Waals surface area contributed by atoms with Crippen LogP contribution < -0.4 is 5.32 Å². The van der Waals surface area contributed by atoms with Crippen LogP contribution >= 0.6 is 11.6 Å². The molecule has 2 heterocycles. The van der Waals surface area contributed by atoms with Crippen LogP contribution in [0.1, 0.15) is 49.2 Å². The van der Waals surface area contributed by atoms with Gasteiger partial charge in [-0.15, -0.1) is 0 Å². The molecule has 0 saturated carbocycles. The molecule has 2 aromatic heterocycles. The fraction of sp³-hybridized carbons (Fsp3) is 0.320. The predicted octanol–water partition coefficient (Wildman–Crippen LogP) is 5.06. The number of aromatic nitrogens is 3. The summed E-state index contributed by atoms with van der Waals surface area (Å²) in [5, 5.41) is 7.59. The number of nitrogens with zero attached hydrogens (tertiary/aromatic N) is 3. The number of ether oxygens (including phenoxy) is 1. The summed E-state index contributed by atoms with van der Waals surface area (Å²) in [7, 11) is 1.76. The van der Waals surface area contributed by atoms with Gasteiger partial charge in [-0.05, 0) is 30.9 Å². The van der Waals surface area contributed by atoms with Crippen LogP contribution in [0.25, 0.3) is 5.82 Å². The van der Waals surface area contributed by atoms with Crippen LogP contribution in [-0.2, 0) is 19.7 Å². The Bertz CT molecular complexity index is 1010. The molecule has 0 bridgehead atoms. The number of rotatable bonds is 4. The van der Waals surface area contributed by atoms with E-state index in [0.29, 0.717) is 28.7 Å². The molecule has 0 aliphatic carbocycles. The van der Waals surface area contributed by atoms with E-state index in [2.05, 4.69) is 67.4 Å². The van der Waals surface area contributed by atoms with Gasteiger partial charge in [0, 0.05) is 19.4 Å². The van der Waals surface area contributed by atoms with Gasteiger partial charge in [-0.2, -0.15) is 5.10 Å². The first-order valence-corrected chi connectivity index (χ1v) is 10.7. The second-order valence-electron chi connectivity index (χ2n) is 7.78. The number of hydrogen-bond acceptors (Lipinski definition) is 7. The number of anilines is 1. The monoisotopic (exact) mass is 488 g/mol. The molecule has 9 heteroatoms. The number of nitrogens with one attached hydrogen (secondary N) is 1. The lowest BCUT2D eigenvalue weighted by Gasteiger charge is -2.18. The van der Waals surface area contributed by atoms with E-state index in [4.69, 9.17) is 25.9 Å². The van der Waals surface area contributed by atoms with Crippen molar-refractivity contribution in [1.82, 2.24) is 14.8 Å². The van der Waals surface area contributed by atoms with Gasteiger partial charge in [-0.25, -0.2) is 14.5 Å². The number of esters is 1. The number of aryl methyl sites for hydroxylation is 1. The van der Waals surface area contributed by atoms with Crippen LogP contribution in [0, 0.1) is 6.92 Å². The van der Waals surface area contributed by atoms with Crippen molar-refractivity contribution in [3.8, 4) is 5.82 Å². The van der Waals surface area contributed by atoms with Crippen molar-refractivity contribution in [2.24, 2.45) is 0 Å². The molecule has 0 radical (unpaired) electrons. The zero-order valence-electron chi connectivity index (χ0n) is 20.6. The molecule has 0 fully saturated rings. The SMILES string of the molecule is C=O.C=O.CCOC(=O)c1cnn(-c2ncc(Cl)cc2NC)c1.Cc1ccc(C(C)(C)C)cc1. The van der Waals surface area contributed by atoms with Crippen LogP contribution in [0.3, 0.4) is 0 Å². The van der Waals surface area contributed by atoms with Gasteiger partial charge in [0.2, 0.25) is 0 Å². The molecule has 8 nitrogen and oxygen atoms in total. The zero-order chi connectivity index (χ0) is 26.3. The molecule has 0 aliphatic rings. The molecule has 0 atom stereocenters. The molecule has 0 saturated heterocycles. The molecule has 0 spiro atoms. The molecule has 1 aromatic carbocycles. The average Bonchev–Trinajstić information content (AvgIpc) is 3.32. The van der Waals surface area contributed by atoms with Crippen molar-refractivity contribution in [1.29, 1.82) is 0 Å². The Labute approximate surface area is 206 Å². The topological polar surface area (TPSA) is 103 Å². The third kappa shape index (κ3) is 9.54. The van der Waals surface area contributed by atoms with Gasteiger partial charge in [0.1, 0.15) is 13.6 Å². The third-order valence-corrected chi connectivity index (χ3v) is 4.54. The zero-order valence-corrected chi connectivity index (χ0v) is 21.3. The van der Waals surface area contributed by atoms with Gasteiger partial charge in [-0.3, -0.25) is 0 Å². The van der Waals surface area contributed by atoms with E-state index < -0.39 is 5.97 Å². The molecule has 1 N–H and O–H groups in total. The number of hydrogen-bond donors (Lipinski definition) is 1. The van der Waals surface area contributed by atoms with E-state index >= 15 is 0 Å². The third-order valence-electron chi connectivity index (χ3n) is 4.33. The number of carbonyl (C=O) groups is 3. The Kier molecular flexibility index (Phi) is 13.8. The normalized spacial score (nSPS) is 9.74. The van der Waals surface area contributed by atoms with E-state index in [1.807, 2.05) is 13.6 Å². The molecule has 3 rings (SSSR count). The standard InChI is InChI=1S/C12H13ClN4O2.C11H16.2CH2O/c1-3-19-12(18)8-5-16-17(7-8)11-10(14-2)4-9(13)6-15-11;1-9-5-7-10(8-6-9)11(2,3)4;2*1-2/h4-7,14H,3H2,1-2H3;5-8H,1-4H3;2*1H2. The summed E-state index contributed by atoms with van der Waals surface area (Å²) >= 11 is 5.87. The van der Waals surface area contributed by atoms with E-state index in [0.717, 1.165) is 0 Å². The van der Waals surface area contributed by atoms with Crippen molar-refractivity contribution < 1.29 is 19.1 Å². The smallest absolute Gasteiger partial charge is 0.341 e. The Morgan fingerprint density at radius 2 is 1.71 bits per heavy atom. The molecule has 34 heavy (non-hydrogen) atoms. The molecular formula is C25H33ClN4O4. The molecule has 0 amide bonds. The number of halogens is 1. The van der Waals surface area contributed by atoms with Crippen LogP contribution in [0.4, 0.5) is 5.69 Å². The summed E-state index contributed by atoms with van der Waals surface area (Å²) in [4.78, 5) is 31.8. The summed E-state index contributed by atoms with van der Waals surface area (Å²) in [5.41, 5.74) is 4.11. The van der Waals surface area contributed by atoms with Gasteiger partial charge in [0.25, 0.3) is 0 Å². The molecular weight excluding hydrogens is 456 g/mol. The van der Waals surface area contributed by atoms with Gasteiger partial charge in [0.15, 0.2) is 5.82 Å². The van der Waals surface area contributed by atoms with Gasteiger partial charge < -0.3 is 19.6 Å². The van der Waals surface area contributed by atoms with E-state index in [1.54, 1.807) is 26.2 Å². The van der Waals surface area contributed by atoms with Crippen molar-refractivity contribution in [3.63, 3.8) is 0 Å². The van der Waals surface area contributed by atoms with E-state index in [1.165, 1.54) is 28.2 Å². The molecule has 184 valence electrons. The Morgan fingerprint density at radius 3 is 2.21 bits per heavy atom. The predicted molar refractivity (Wildman–Crippen MR) is 136 cm³/mol. The number of carbonyl (C=O) groups excluding carboxylic acids is 3. The quantitative estimate of drug-likeness (QED) is 0.512. The second kappa shape index (κ2) is 15.3. The Balaban J connectivity index is 0.000000618. The van der Waals surface area contributed by atoms with Crippen molar-refractivity contribution in [2.75, 3.05) is 19.0 Å². The Morgan fingerprint density at radius 1 is 1.12 bits per heavy atom. The number of benzene rings is 1. The maximum Gasteiger partial charge on any atom is 0.341 e. The van der Waals surface area contributed by atoms with Gasteiger partial charge in [-0.1, -0.05) is 62.2 Å². The summed E-state index contributed by atoms with van der Waals surface area (Å²) in [5.74, 6) is 0.149. The second-order valence-corrected chi connectivity index (χ2v) is 8.22. The van der Waals surface area contributed by atoms with Crippen LogP contribution in [0.5, 0.6) is 0 Å². The lowest BCUT2D eigenvalue weighted by atomic mass is 9.87. The first-order chi connectivity index (χ1) is 16.2. The summed E-state index contributed by atoms with van der Waals surface area (Å²) in [6.07, 6.45) is 4.52. The maximum atomic E-state index is 11.6. The summed E-state index contributed by atoms with van der Waals surface area (Å²) in [6.45, 7) is 14.9. The minimum Gasteiger partial charge on any atom is -0.462 e. The van der Waals surface area contributed by atoms with E-state index in [9.17, 15) is 4.79 Å². The lowest BCUT2D eigenvalue weighted by molar-refractivity contribution is -0.0987. The van der Waals surface area contributed by atoms with Crippen molar-refractivity contribution in [3.05, 3.63) is 70.6 Å². The molecule has 0 aliphatic heterocycles. The van der Waals surface area contributed by atoms with Crippen LogP contribution in [0.15, 0.2) is 48.9 Å². The van der Waals surface area contributed by atoms with Crippen molar-refractivity contribution in [2.45, 2.75) is 40.0 Å². The summed E-state index contributed by atoms with van der Waals surface area (Å²) < 4.78 is 6.40. The van der Waals surface area contributed by atoms with Crippen LogP contribution in [0.2, 0.25) is 5.02 Å². The first kappa shape index (κ1) is 30.5. The average molecular weight is 489 g/mol. The molecule has 3 aromatic rings. The van der Waals surface area contributed by atoms with E-state index in [-0.39, 0.29) is 5.41 Å². The highest BCUT2D eigenvalue weighted by Crippen LogP contribution is 2.22. The van der Waals surface area contributed by atoms with Crippen LogP contribution in [-0.4, -0.2) is 48.0 Å². The lowest BCUT2D eigenvalue weighted by Crippen LogP contribution is -2.10.